The zero-order valence-corrected chi connectivity index (χ0v) is 17.3. The van der Waals surface area contributed by atoms with Gasteiger partial charge < -0.3 is 19.6 Å². The van der Waals surface area contributed by atoms with Gasteiger partial charge >= 0.3 is 0 Å². The molecule has 0 aliphatic rings. The summed E-state index contributed by atoms with van der Waals surface area (Å²) in [6, 6.07) is 12.5. The number of methoxy groups -OCH3 is 1. The standard InChI is InChI=1S/C19H21N2O5PS/c1-25-18-6-5-13(8-16(11-22)28-21-24)9-17(18)19(23)20-10-14-3-2-4-15(7-14)26-12-27/h2-7,9,11,16H,8,10,12,27H2,1H3,(H,20,23). The summed E-state index contributed by atoms with van der Waals surface area (Å²) in [6.07, 6.45) is 1.44. The van der Waals surface area contributed by atoms with Crippen LogP contribution in [0, 0.1) is 4.91 Å². The monoisotopic (exact) mass is 420 g/mol. The fourth-order valence-corrected chi connectivity index (χ4v) is 3.20. The second-order valence-corrected chi connectivity index (χ2v) is 7.03. The number of carbonyl (C=O) groups is 2. The van der Waals surface area contributed by atoms with Gasteiger partial charge in [-0.25, -0.2) is 0 Å². The highest BCUT2D eigenvalue weighted by molar-refractivity contribution is 7.99. The molecule has 1 N–H and O–H groups in total. The minimum Gasteiger partial charge on any atom is -0.496 e. The van der Waals surface area contributed by atoms with E-state index in [-0.39, 0.29) is 5.91 Å². The maximum Gasteiger partial charge on any atom is 0.255 e. The number of carbonyl (C=O) groups excluding carboxylic acids is 2. The largest absolute Gasteiger partial charge is 0.496 e. The molecule has 0 bridgehead atoms. The zero-order chi connectivity index (χ0) is 20.4. The molecule has 2 unspecified atom stereocenters. The van der Waals surface area contributed by atoms with Crippen molar-refractivity contribution in [2.75, 3.05) is 13.5 Å². The summed E-state index contributed by atoms with van der Waals surface area (Å²) in [4.78, 5) is 34.1. The molecule has 2 aromatic carbocycles. The van der Waals surface area contributed by atoms with Crippen LogP contribution in [0.4, 0.5) is 0 Å². The van der Waals surface area contributed by atoms with Gasteiger partial charge in [-0.05, 0) is 41.8 Å². The highest BCUT2D eigenvalue weighted by Gasteiger charge is 2.16. The molecule has 2 aromatic rings. The van der Waals surface area contributed by atoms with Crippen molar-refractivity contribution in [1.82, 2.24) is 5.32 Å². The molecule has 0 fully saturated rings. The van der Waals surface area contributed by atoms with E-state index in [1.54, 1.807) is 18.2 Å². The quantitative estimate of drug-likeness (QED) is 0.259. The van der Waals surface area contributed by atoms with Crippen LogP contribution in [-0.2, 0) is 17.8 Å². The lowest BCUT2D eigenvalue weighted by Crippen LogP contribution is -2.23. The van der Waals surface area contributed by atoms with Crippen LogP contribution >= 0.6 is 21.2 Å². The third-order valence-corrected chi connectivity index (χ3v) is 4.68. The molecule has 0 aromatic heterocycles. The fourth-order valence-electron chi connectivity index (χ4n) is 2.58. The van der Waals surface area contributed by atoms with Crippen molar-refractivity contribution in [3.8, 4) is 11.5 Å². The number of hydrogen-bond acceptors (Lipinski definition) is 7. The Morgan fingerprint density at radius 2 is 2.11 bits per heavy atom. The molecule has 1 amide bonds. The maximum absolute atomic E-state index is 12.7. The van der Waals surface area contributed by atoms with E-state index < -0.39 is 5.25 Å². The Morgan fingerprint density at radius 1 is 1.29 bits per heavy atom. The first-order valence-corrected chi connectivity index (χ1v) is 10.1. The van der Waals surface area contributed by atoms with Gasteiger partial charge in [0.1, 0.15) is 24.1 Å². The van der Waals surface area contributed by atoms with Gasteiger partial charge in [0.25, 0.3) is 5.91 Å². The molecule has 148 valence electrons. The Kier molecular flexibility index (Phi) is 8.91. The molecule has 28 heavy (non-hydrogen) atoms. The van der Waals surface area contributed by atoms with Crippen LogP contribution in [0.3, 0.4) is 0 Å². The van der Waals surface area contributed by atoms with Crippen LogP contribution in [0.5, 0.6) is 11.5 Å². The SMILES string of the molecule is COc1ccc(CC(C=O)SN=O)cc1C(=O)NCc1cccc(OCP)c1. The zero-order valence-electron chi connectivity index (χ0n) is 15.3. The summed E-state index contributed by atoms with van der Waals surface area (Å²) < 4.78 is 13.4. The summed E-state index contributed by atoms with van der Waals surface area (Å²) in [5, 5.41) is 2.26. The third kappa shape index (κ3) is 6.32. The molecule has 9 heteroatoms. The molecule has 0 spiro atoms. The molecule has 2 rings (SSSR count). The van der Waals surface area contributed by atoms with Crippen molar-refractivity contribution >= 4 is 33.4 Å². The van der Waals surface area contributed by atoms with Crippen LogP contribution in [-0.4, -0.2) is 30.9 Å². The minimum atomic E-state index is -0.596. The van der Waals surface area contributed by atoms with Crippen LogP contribution in [0.1, 0.15) is 21.5 Å². The second kappa shape index (κ2) is 11.4. The van der Waals surface area contributed by atoms with E-state index in [0.717, 1.165) is 16.9 Å². The van der Waals surface area contributed by atoms with Crippen molar-refractivity contribution in [1.29, 1.82) is 0 Å². The van der Waals surface area contributed by atoms with E-state index in [1.165, 1.54) is 7.11 Å². The first-order chi connectivity index (χ1) is 13.6. The van der Waals surface area contributed by atoms with Gasteiger partial charge in [0, 0.05) is 23.1 Å². The number of amides is 1. The molecule has 0 heterocycles. The lowest BCUT2D eigenvalue weighted by molar-refractivity contribution is -0.107. The van der Waals surface area contributed by atoms with Crippen LogP contribution in [0.15, 0.2) is 47.0 Å². The molecule has 2 atom stereocenters. The van der Waals surface area contributed by atoms with Gasteiger partial charge in [0.05, 0.1) is 17.9 Å². The molecule has 0 radical (unpaired) electrons. The molecular formula is C19H21N2O5PS. The van der Waals surface area contributed by atoms with Crippen molar-refractivity contribution in [3.05, 3.63) is 64.1 Å². The van der Waals surface area contributed by atoms with E-state index in [2.05, 4.69) is 19.1 Å². The molecular weight excluding hydrogens is 399 g/mol. The average Bonchev–Trinajstić information content (AvgIpc) is 2.72. The van der Waals surface area contributed by atoms with Gasteiger partial charge in [0.2, 0.25) is 0 Å². The van der Waals surface area contributed by atoms with Crippen molar-refractivity contribution in [2.24, 2.45) is 4.58 Å². The van der Waals surface area contributed by atoms with E-state index in [4.69, 9.17) is 9.47 Å². The summed E-state index contributed by atoms with van der Waals surface area (Å²) in [5.41, 5.74) is 1.98. The number of rotatable bonds is 11. The predicted octanol–water partition coefficient (Wildman–Crippen LogP) is 3.36. The Morgan fingerprint density at radius 3 is 2.79 bits per heavy atom. The minimum absolute atomic E-state index is 0.290. The Bertz CT molecular complexity index is 834. The smallest absolute Gasteiger partial charge is 0.255 e. The number of nitrogens with one attached hydrogen (secondary N) is 1. The normalized spacial score (nSPS) is 11.4. The fraction of sp³-hybridized carbons (Fsp3) is 0.263. The van der Waals surface area contributed by atoms with Gasteiger partial charge in [-0.1, -0.05) is 27.4 Å². The first kappa shape index (κ1) is 21.9. The molecule has 0 aliphatic heterocycles. The average molecular weight is 420 g/mol. The van der Waals surface area contributed by atoms with E-state index >= 15 is 0 Å². The molecule has 0 aliphatic carbocycles. The Hall–Kier alpha value is -2.44. The maximum atomic E-state index is 12.7. The number of hydrogen-bond donors (Lipinski definition) is 1. The lowest BCUT2D eigenvalue weighted by Gasteiger charge is -2.13. The summed E-state index contributed by atoms with van der Waals surface area (Å²) in [7, 11) is 3.97. The molecule has 7 nitrogen and oxygen atoms in total. The van der Waals surface area contributed by atoms with E-state index in [9.17, 15) is 14.5 Å². The van der Waals surface area contributed by atoms with Crippen molar-refractivity contribution < 1.29 is 19.1 Å². The van der Waals surface area contributed by atoms with Crippen molar-refractivity contribution in [3.63, 3.8) is 0 Å². The highest BCUT2D eigenvalue weighted by Crippen LogP contribution is 2.23. The third-order valence-electron chi connectivity index (χ3n) is 3.88. The summed E-state index contributed by atoms with van der Waals surface area (Å²) >= 11 is 0.664. The van der Waals surface area contributed by atoms with E-state index in [0.29, 0.717) is 48.9 Å². The van der Waals surface area contributed by atoms with Crippen LogP contribution < -0.4 is 14.8 Å². The van der Waals surface area contributed by atoms with E-state index in [1.807, 2.05) is 24.3 Å². The van der Waals surface area contributed by atoms with Gasteiger partial charge in [-0.3, -0.25) is 4.79 Å². The second-order valence-electron chi connectivity index (χ2n) is 5.73. The summed E-state index contributed by atoms with van der Waals surface area (Å²) in [5.74, 6) is 0.840. The molecule has 0 saturated heterocycles. The van der Waals surface area contributed by atoms with Gasteiger partial charge in [-0.2, -0.15) is 0 Å². The topological polar surface area (TPSA) is 94.1 Å². The number of nitrogens with zero attached hydrogens (tertiary/aromatic N) is 1. The lowest BCUT2D eigenvalue weighted by atomic mass is 10.0. The summed E-state index contributed by atoms with van der Waals surface area (Å²) in [6.45, 7) is 0.322. The van der Waals surface area contributed by atoms with Crippen LogP contribution in [0.25, 0.3) is 0 Å². The first-order valence-electron chi connectivity index (χ1n) is 8.42. The van der Waals surface area contributed by atoms with Crippen LogP contribution in [0.2, 0.25) is 0 Å². The molecule has 0 saturated carbocycles. The number of nitroso groups, excluding NO2 is 1. The predicted molar refractivity (Wildman–Crippen MR) is 113 cm³/mol. The van der Waals surface area contributed by atoms with Gasteiger partial charge in [-0.15, -0.1) is 4.91 Å². The number of ether oxygens (including phenoxy) is 2. The Balaban J connectivity index is 2.12. The van der Waals surface area contributed by atoms with Gasteiger partial charge in [0.15, 0.2) is 0 Å². The number of benzene rings is 2. The highest BCUT2D eigenvalue weighted by atomic mass is 32.2. The number of aldehydes is 1. The van der Waals surface area contributed by atoms with Crippen molar-refractivity contribution in [2.45, 2.75) is 18.2 Å². The Labute approximate surface area is 169 Å².